The van der Waals surface area contributed by atoms with Gasteiger partial charge in [0.25, 0.3) is 0 Å². The predicted octanol–water partition coefficient (Wildman–Crippen LogP) is 2.89. The summed E-state index contributed by atoms with van der Waals surface area (Å²) in [6.07, 6.45) is 3.29. The highest BCUT2D eigenvalue weighted by Gasteiger charge is 2.26. The van der Waals surface area contributed by atoms with Gasteiger partial charge in [0, 0.05) is 6.04 Å². The van der Waals surface area contributed by atoms with Crippen molar-refractivity contribution in [3.63, 3.8) is 0 Å². The number of carbonyl (C=O) groups is 1. The molecule has 0 rings (SSSR count). The number of rotatable bonds is 8. The molecule has 3 nitrogen and oxygen atoms in total. The molecule has 0 aliphatic carbocycles. The standard InChI is InChI=1S/C13H27NO2/c1-5-10(7-9(3)4)11(6-2)12(14)8-13(15)16/h9-12H,5-8,14H2,1-4H3,(H,15,16). The van der Waals surface area contributed by atoms with Crippen molar-refractivity contribution in [2.45, 2.75) is 59.4 Å². The number of nitrogens with two attached hydrogens (primary N) is 1. The zero-order valence-corrected chi connectivity index (χ0v) is 11.1. The molecule has 96 valence electrons. The minimum Gasteiger partial charge on any atom is -0.481 e. The van der Waals surface area contributed by atoms with Crippen molar-refractivity contribution < 1.29 is 9.90 Å². The second-order valence-electron chi connectivity index (χ2n) is 5.13. The third kappa shape index (κ3) is 5.50. The van der Waals surface area contributed by atoms with E-state index < -0.39 is 5.97 Å². The molecule has 0 aliphatic heterocycles. The lowest BCUT2D eigenvalue weighted by atomic mass is 9.77. The highest BCUT2D eigenvalue weighted by Crippen LogP contribution is 2.29. The van der Waals surface area contributed by atoms with Crippen LogP contribution >= 0.6 is 0 Å². The van der Waals surface area contributed by atoms with E-state index in [1.807, 2.05) is 0 Å². The van der Waals surface area contributed by atoms with Crippen molar-refractivity contribution in [3.05, 3.63) is 0 Å². The molecule has 16 heavy (non-hydrogen) atoms. The number of carboxylic acids is 1. The zero-order chi connectivity index (χ0) is 12.7. The van der Waals surface area contributed by atoms with E-state index in [2.05, 4.69) is 27.7 Å². The molecule has 0 saturated carbocycles. The Morgan fingerprint density at radius 1 is 1.25 bits per heavy atom. The molecule has 0 aromatic heterocycles. The number of aliphatic carboxylic acids is 1. The average Bonchev–Trinajstić information content (AvgIpc) is 2.15. The van der Waals surface area contributed by atoms with Crippen molar-refractivity contribution in [1.29, 1.82) is 0 Å². The normalized spacial score (nSPS) is 17.1. The van der Waals surface area contributed by atoms with Gasteiger partial charge >= 0.3 is 5.97 Å². The quantitative estimate of drug-likeness (QED) is 0.672. The molecule has 3 N–H and O–H groups in total. The molecule has 3 unspecified atom stereocenters. The second-order valence-corrected chi connectivity index (χ2v) is 5.13. The van der Waals surface area contributed by atoms with Crippen LogP contribution in [0.4, 0.5) is 0 Å². The van der Waals surface area contributed by atoms with E-state index >= 15 is 0 Å². The van der Waals surface area contributed by atoms with Crippen LogP contribution < -0.4 is 5.73 Å². The fourth-order valence-corrected chi connectivity index (χ4v) is 2.59. The highest BCUT2D eigenvalue weighted by molar-refractivity contribution is 5.67. The molecule has 3 atom stereocenters. The van der Waals surface area contributed by atoms with E-state index in [1.165, 1.54) is 0 Å². The summed E-state index contributed by atoms with van der Waals surface area (Å²) in [7, 11) is 0. The molecule has 0 fully saturated rings. The van der Waals surface area contributed by atoms with Crippen molar-refractivity contribution in [3.8, 4) is 0 Å². The van der Waals surface area contributed by atoms with Crippen molar-refractivity contribution in [1.82, 2.24) is 0 Å². The monoisotopic (exact) mass is 229 g/mol. The van der Waals surface area contributed by atoms with Gasteiger partial charge in [0.15, 0.2) is 0 Å². The highest BCUT2D eigenvalue weighted by atomic mass is 16.4. The Hall–Kier alpha value is -0.570. The largest absolute Gasteiger partial charge is 0.481 e. The maximum Gasteiger partial charge on any atom is 0.304 e. The number of carboxylic acid groups (broad SMARTS) is 1. The first-order valence-electron chi connectivity index (χ1n) is 6.39. The topological polar surface area (TPSA) is 63.3 Å². The van der Waals surface area contributed by atoms with Crippen LogP contribution in [-0.4, -0.2) is 17.1 Å². The summed E-state index contributed by atoms with van der Waals surface area (Å²) < 4.78 is 0. The van der Waals surface area contributed by atoms with Gasteiger partial charge < -0.3 is 10.8 Å². The van der Waals surface area contributed by atoms with E-state index in [0.29, 0.717) is 17.8 Å². The molecular formula is C13H27NO2. The SMILES string of the molecule is CCC(CC(C)C)C(CC)C(N)CC(=O)O. The first-order chi connectivity index (χ1) is 7.42. The van der Waals surface area contributed by atoms with Crippen LogP contribution in [0.25, 0.3) is 0 Å². The van der Waals surface area contributed by atoms with Crippen LogP contribution in [0.15, 0.2) is 0 Å². The molecule has 0 aromatic rings. The van der Waals surface area contributed by atoms with E-state index in [1.54, 1.807) is 0 Å². The minimum atomic E-state index is -0.787. The molecular weight excluding hydrogens is 202 g/mol. The lowest BCUT2D eigenvalue weighted by molar-refractivity contribution is -0.137. The first-order valence-corrected chi connectivity index (χ1v) is 6.39. The van der Waals surface area contributed by atoms with Gasteiger partial charge in [-0.1, -0.05) is 40.5 Å². The summed E-state index contributed by atoms with van der Waals surface area (Å²) in [6, 6.07) is -0.203. The Morgan fingerprint density at radius 2 is 1.81 bits per heavy atom. The van der Waals surface area contributed by atoms with Gasteiger partial charge in [-0.15, -0.1) is 0 Å². The molecule has 0 saturated heterocycles. The maximum atomic E-state index is 10.7. The smallest absolute Gasteiger partial charge is 0.304 e. The van der Waals surface area contributed by atoms with Crippen molar-refractivity contribution in [2.24, 2.45) is 23.5 Å². The summed E-state index contributed by atoms with van der Waals surface area (Å²) >= 11 is 0. The van der Waals surface area contributed by atoms with Gasteiger partial charge in [0.1, 0.15) is 0 Å². The maximum absolute atomic E-state index is 10.7. The Kier molecular flexibility index (Phi) is 7.39. The summed E-state index contributed by atoms with van der Waals surface area (Å²) in [6.45, 7) is 8.69. The molecule has 3 heteroatoms. The van der Waals surface area contributed by atoms with Gasteiger partial charge in [0.2, 0.25) is 0 Å². The molecule has 0 heterocycles. The summed E-state index contributed by atoms with van der Waals surface area (Å²) in [5, 5.41) is 8.78. The van der Waals surface area contributed by atoms with Gasteiger partial charge in [-0.25, -0.2) is 0 Å². The van der Waals surface area contributed by atoms with Crippen LogP contribution in [0.2, 0.25) is 0 Å². The van der Waals surface area contributed by atoms with E-state index in [-0.39, 0.29) is 12.5 Å². The zero-order valence-electron chi connectivity index (χ0n) is 11.1. The van der Waals surface area contributed by atoms with Crippen LogP contribution in [0.5, 0.6) is 0 Å². The molecule has 0 aromatic carbocycles. The fraction of sp³-hybridized carbons (Fsp3) is 0.923. The van der Waals surface area contributed by atoms with Crippen molar-refractivity contribution >= 4 is 5.97 Å². The van der Waals surface area contributed by atoms with Crippen LogP contribution in [0.1, 0.15) is 53.4 Å². The van der Waals surface area contributed by atoms with Crippen LogP contribution in [0, 0.1) is 17.8 Å². The first kappa shape index (κ1) is 15.4. The van der Waals surface area contributed by atoms with Crippen LogP contribution in [0.3, 0.4) is 0 Å². The Bertz CT molecular complexity index is 204. The second kappa shape index (κ2) is 7.66. The fourth-order valence-electron chi connectivity index (χ4n) is 2.59. The van der Waals surface area contributed by atoms with E-state index in [9.17, 15) is 4.79 Å². The summed E-state index contributed by atoms with van der Waals surface area (Å²) in [4.78, 5) is 10.7. The lowest BCUT2D eigenvalue weighted by Crippen LogP contribution is -2.37. The summed E-state index contributed by atoms with van der Waals surface area (Å²) in [5.41, 5.74) is 6.00. The Morgan fingerprint density at radius 3 is 2.12 bits per heavy atom. The minimum absolute atomic E-state index is 0.0904. The number of hydrogen-bond acceptors (Lipinski definition) is 2. The third-order valence-electron chi connectivity index (χ3n) is 3.34. The molecule has 0 spiro atoms. The lowest BCUT2D eigenvalue weighted by Gasteiger charge is -2.31. The molecule has 0 aliphatic rings. The van der Waals surface area contributed by atoms with E-state index in [4.69, 9.17) is 10.8 Å². The summed E-state index contributed by atoms with van der Waals surface area (Å²) in [5.74, 6) is 0.754. The molecule has 0 bridgehead atoms. The van der Waals surface area contributed by atoms with Gasteiger partial charge in [-0.2, -0.15) is 0 Å². The molecule has 0 amide bonds. The van der Waals surface area contributed by atoms with Crippen molar-refractivity contribution in [2.75, 3.05) is 0 Å². The Balaban J connectivity index is 4.46. The third-order valence-corrected chi connectivity index (χ3v) is 3.34. The Labute approximate surface area is 99.4 Å². The number of hydrogen-bond donors (Lipinski definition) is 2. The average molecular weight is 229 g/mol. The predicted molar refractivity (Wildman–Crippen MR) is 67.2 cm³/mol. The van der Waals surface area contributed by atoms with Gasteiger partial charge in [0.05, 0.1) is 6.42 Å². The van der Waals surface area contributed by atoms with Gasteiger partial charge in [-0.3, -0.25) is 4.79 Å². The van der Waals surface area contributed by atoms with E-state index in [0.717, 1.165) is 19.3 Å². The van der Waals surface area contributed by atoms with Gasteiger partial charge in [-0.05, 0) is 24.2 Å². The molecule has 0 radical (unpaired) electrons. The van der Waals surface area contributed by atoms with Crippen LogP contribution in [-0.2, 0) is 4.79 Å².